The van der Waals surface area contributed by atoms with Crippen LogP contribution in [0.25, 0.3) is 0 Å². The molecular weight excluding hydrogens is 354 g/mol. The van der Waals surface area contributed by atoms with Crippen molar-refractivity contribution in [3.05, 3.63) is 47.5 Å². The van der Waals surface area contributed by atoms with Gasteiger partial charge in [0.05, 0.1) is 14.2 Å². The van der Waals surface area contributed by atoms with Crippen molar-refractivity contribution in [3.63, 3.8) is 0 Å². The summed E-state index contributed by atoms with van der Waals surface area (Å²) in [4.78, 5) is 16.7. The molecule has 1 N–H and O–H groups in total. The van der Waals surface area contributed by atoms with Gasteiger partial charge in [-0.25, -0.2) is 4.79 Å². The monoisotopic (exact) mass is 375 g/mol. The standard InChI is InChI=1S/C19H22ClN3O3/c1-25-16-7-4-8-17(26-2)18(16)21-19(24)23-11-9-22(10-12-23)15-6-3-5-14(20)13-15/h3-8,13H,9-12H2,1-2H3,(H,21,24). The smallest absolute Gasteiger partial charge is 0.322 e. The van der Waals surface area contributed by atoms with Gasteiger partial charge in [-0.15, -0.1) is 0 Å². The molecule has 0 aliphatic carbocycles. The lowest BCUT2D eigenvalue weighted by molar-refractivity contribution is 0.208. The number of benzene rings is 2. The van der Waals surface area contributed by atoms with Crippen LogP contribution < -0.4 is 19.7 Å². The minimum absolute atomic E-state index is 0.168. The van der Waals surface area contributed by atoms with Crippen LogP contribution in [-0.4, -0.2) is 51.3 Å². The Bertz CT molecular complexity index is 754. The first-order valence-electron chi connectivity index (χ1n) is 8.40. The molecule has 0 spiro atoms. The molecule has 2 amide bonds. The number of piperazine rings is 1. The summed E-state index contributed by atoms with van der Waals surface area (Å²) >= 11 is 6.07. The van der Waals surface area contributed by atoms with Crippen LogP contribution in [0.2, 0.25) is 5.02 Å². The van der Waals surface area contributed by atoms with Crippen LogP contribution in [0.4, 0.5) is 16.2 Å². The summed E-state index contributed by atoms with van der Waals surface area (Å²) in [5.74, 6) is 1.13. The molecule has 0 unspecified atom stereocenters. The molecule has 3 rings (SSSR count). The van der Waals surface area contributed by atoms with Crippen molar-refractivity contribution in [1.82, 2.24) is 4.90 Å². The molecule has 6 nitrogen and oxygen atoms in total. The molecule has 1 fully saturated rings. The Labute approximate surface area is 158 Å². The van der Waals surface area contributed by atoms with Crippen molar-refractivity contribution in [2.24, 2.45) is 0 Å². The van der Waals surface area contributed by atoms with E-state index >= 15 is 0 Å². The summed E-state index contributed by atoms with van der Waals surface area (Å²) in [7, 11) is 3.13. The predicted octanol–water partition coefficient (Wildman–Crippen LogP) is 3.71. The number of amides is 2. The van der Waals surface area contributed by atoms with Crippen LogP contribution in [0.15, 0.2) is 42.5 Å². The number of methoxy groups -OCH3 is 2. The fourth-order valence-electron chi connectivity index (χ4n) is 3.00. The van der Waals surface area contributed by atoms with E-state index in [1.807, 2.05) is 30.3 Å². The maximum atomic E-state index is 12.7. The van der Waals surface area contributed by atoms with E-state index in [1.54, 1.807) is 31.3 Å². The second-order valence-electron chi connectivity index (χ2n) is 5.92. The van der Waals surface area contributed by atoms with Crippen molar-refractivity contribution in [2.45, 2.75) is 0 Å². The lowest BCUT2D eigenvalue weighted by atomic mass is 10.2. The molecule has 2 aromatic rings. The van der Waals surface area contributed by atoms with Gasteiger partial charge in [0.1, 0.15) is 17.2 Å². The number of carbonyl (C=O) groups is 1. The quantitative estimate of drug-likeness (QED) is 0.885. The zero-order valence-corrected chi connectivity index (χ0v) is 15.6. The van der Waals surface area contributed by atoms with E-state index in [-0.39, 0.29) is 6.03 Å². The fraction of sp³-hybridized carbons (Fsp3) is 0.316. The normalized spacial score (nSPS) is 14.1. The zero-order chi connectivity index (χ0) is 18.5. The van der Waals surface area contributed by atoms with Gasteiger partial charge < -0.3 is 24.6 Å². The zero-order valence-electron chi connectivity index (χ0n) is 14.9. The Balaban J connectivity index is 1.64. The van der Waals surface area contributed by atoms with Crippen LogP contribution in [0.5, 0.6) is 11.5 Å². The minimum atomic E-state index is -0.168. The van der Waals surface area contributed by atoms with Crippen LogP contribution in [-0.2, 0) is 0 Å². The van der Waals surface area contributed by atoms with E-state index in [0.29, 0.717) is 35.3 Å². The van der Waals surface area contributed by atoms with Crippen LogP contribution in [0.3, 0.4) is 0 Å². The summed E-state index contributed by atoms with van der Waals surface area (Å²) in [6.45, 7) is 2.74. The van der Waals surface area contributed by atoms with Crippen LogP contribution in [0, 0.1) is 0 Å². The summed E-state index contributed by atoms with van der Waals surface area (Å²) < 4.78 is 10.7. The molecule has 2 aromatic carbocycles. The first-order valence-corrected chi connectivity index (χ1v) is 8.77. The maximum Gasteiger partial charge on any atom is 0.322 e. The molecule has 1 aliphatic heterocycles. The molecule has 0 saturated carbocycles. The number of hydrogen-bond donors (Lipinski definition) is 1. The molecule has 7 heteroatoms. The Kier molecular flexibility index (Phi) is 5.73. The molecule has 138 valence electrons. The van der Waals surface area contributed by atoms with Gasteiger partial charge in [0, 0.05) is 36.9 Å². The van der Waals surface area contributed by atoms with E-state index in [0.717, 1.165) is 18.8 Å². The Hall–Kier alpha value is -2.60. The topological polar surface area (TPSA) is 54.0 Å². The van der Waals surface area contributed by atoms with Gasteiger partial charge in [0.2, 0.25) is 0 Å². The highest BCUT2D eigenvalue weighted by molar-refractivity contribution is 6.30. The number of carbonyl (C=O) groups excluding carboxylic acids is 1. The van der Waals surface area contributed by atoms with Crippen molar-refractivity contribution in [2.75, 3.05) is 50.6 Å². The molecule has 0 bridgehead atoms. The van der Waals surface area contributed by atoms with E-state index < -0.39 is 0 Å². The number of nitrogens with zero attached hydrogens (tertiary/aromatic N) is 2. The lowest BCUT2D eigenvalue weighted by Crippen LogP contribution is -2.50. The molecule has 0 atom stereocenters. The second-order valence-corrected chi connectivity index (χ2v) is 6.36. The van der Waals surface area contributed by atoms with E-state index in [9.17, 15) is 4.79 Å². The van der Waals surface area contributed by atoms with Crippen molar-refractivity contribution >= 4 is 29.0 Å². The van der Waals surface area contributed by atoms with Gasteiger partial charge >= 0.3 is 6.03 Å². The van der Waals surface area contributed by atoms with Gasteiger partial charge in [-0.3, -0.25) is 0 Å². The molecular formula is C19H22ClN3O3. The van der Waals surface area contributed by atoms with E-state index in [2.05, 4.69) is 10.2 Å². The largest absolute Gasteiger partial charge is 0.494 e. The summed E-state index contributed by atoms with van der Waals surface area (Å²) in [6.07, 6.45) is 0. The Morgan fingerprint density at radius 1 is 1.00 bits per heavy atom. The molecule has 1 aliphatic rings. The SMILES string of the molecule is COc1cccc(OC)c1NC(=O)N1CCN(c2cccc(Cl)c2)CC1. The average molecular weight is 376 g/mol. The first-order chi connectivity index (χ1) is 12.6. The molecule has 0 radical (unpaired) electrons. The average Bonchev–Trinajstić information content (AvgIpc) is 2.68. The van der Waals surface area contributed by atoms with E-state index in [1.165, 1.54) is 0 Å². The fourth-order valence-corrected chi connectivity index (χ4v) is 3.19. The van der Waals surface area contributed by atoms with Gasteiger partial charge in [-0.2, -0.15) is 0 Å². The number of nitrogens with one attached hydrogen (secondary N) is 1. The third-order valence-corrected chi connectivity index (χ3v) is 4.64. The third kappa shape index (κ3) is 3.96. The molecule has 26 heavy (non-hydrogen) atoms. The molecule has 1 saturated heterocycles. The molecule has 0 aromatic heterocycles. The first kappa shape index (κ1) is 18.2. The highest BCUT2D eigenvalue weighted by Crippen LogP contribution is 2.34. The predicted molar refractivity (Wildman–Crippen MR) is 104 cm³/mol. The number of hydrogen-bond acceptors (Lipinski definition) is 4. The molecule has 1 heterocycles. The number of anilines is 2. The van der Waals surface area contributed by atoms with Gasteiger partial charge in [0.15, 0.2) is 0 Å². The summed E-state index contributed by atoms with van der Waals surface area (Å²) in [5.41, 5.74) is 1.61. The number of rotatable bonds is 4. The Morgan fingerprint density at radius 3 is 2.19 bits per heavy atom. The van der Waals surface area contributed by atoms with Crippen molar-refractivity contribution < 1.29 is 14.3 Å². The second kappa shape index (κ2) is 8.19. The van der Waals surface area contributed by atoms with Crippen LogP contribution >= 0.6 is 11.6 Å². The van der Waals surface area contributed by atoms with Crippen molar-refractivity contribution in [1.29, 1.82) is 0 Å². The third-order valence-electron chi connectivity index (χ3n) is 4.40. The number of ether oxygens (including phenoxy) is 2. The minimum Gasteiger partial charge on any atom is -0.494 e. The van der Waals surface area contributed by atoms with Gasteiger partial charge in [-0.05, 0) is 30.3 Å². The summed E-state index contributed by atoms with van der Waals surface area (Å²) in [5, 5.41) is 3.63. The van der Waals surface area contributed by atoms with Gasteiger partial charge in [-0.1, -0.05) is 23.7 Å². The number of halogens is 1. The van der Waals surface area contributed by atoms with Crippen molar-refractivity contribution in [3.8, 4) is 11.5 Å². The Morgan fingerprint density at radius 2 is 1.62 bits per heavy atom. The maximum absolute atomic E-state index is 12.7. The number of urea groups is 1. The van der Waals surface area contributed by atoms with Gasteiger partial charge in [0.25, 0.3) is 0 Å². The highest BCUT2D eigenvalue weighted by Gasteiger charge is 2.23. The van der Waals surface area contributed by atoms with Crippen LogP contribution in [0.1, 0.15) is 0 Å². The number of para-hydroxylation sites is 1. The summed E-state index contributed by atoms with van der Waals surface area (Å²) in [6, 6.07) is 13.0. The lowest BCUT2D eigenvalue weighted by Gasteiger charge is -2.36. The highest BCUT2D eigenvalue weighted by atomic mass is 35.5. The van der Waals surface area contributed by atoms with E-state index in [4.69, 9.17) is 21.1 Å².